The van der Waals surface area contributed by atoms with E-state index in [-0.39, 0.29) is 40.7 Å². The lowest BCUT2D eigenvalue weighted by Gasteiger charge is -2.15. The normalized spacial score (nSPS) is 15.4. The number of hydrogen-bond donors (Lipinski definition) is 2. The quantitative estimate of drug-likeness (QED) is 0.232. The number of nitrogens with one attached hydrogen (secondary N) is 2. The molecule has 0 bridgehead atoms. The number of para-hydroxylation sites is 2. The van der Waals surface area contributed by atoms with Crippen molar-refractivity contribution in [2.45, 2.75) is 19.1 Å². The van der Waals surface area contributed by atoms with Gasteiger partial charge in [0.25, 0.3) is 5.69 Å². The van der Waals surface area contributed by atoms with Crippen LogP contribution < -0.4 is 15.4 Å². The summed E-state index contributed by atoms with van der Waals surface area (Å²) < 4.78 is 5.88. The lowest BCUT2D eigenvalue weighted by Crippen LogP contribution is -2.42. The fourth-order valence-corrected chi connectivity index (χ4v) is 2.82. The van der Waals surface area contributed by atoms with Gasteiger partial charge in [0.1, 0.15) is 11.9 Å². The summed E-state index contributed by atoms with van der Waals surface area (Å²) in [6.07, 6.45) is 0.895. The number of nitrogens with zero attached hydrogens (tertiary/aromatic N) is 2. The fraction of sp³-hybridized carbons (Fsp3) is 0.278. The number of benzene rings is 2. The maximum Gasteiger partial charge on any atom is 0.274 e. The Balaban J connectivity index is 0.00000243. The molecule has 0 aromatic heterocycles. The van der Waals surface area contributed by atoms with Gasteiger partial charge in [0, 0.05) is 31.6 Å². The van der Waals surface area contributed by atoms with E-state index in [1.54, 1.807) is 25.2 Å². The van der Waals surface area contributed by atoms with Gasteiger partial charge in [0.2, 0.25) is 0 Å². The Bertz CT molecular complexity index is 773. The zero-order valence-corrected chi connectivity index (χ0v) is 16.7. The van der Waals surface area contributed by atoms with Crippen molar-refractivity contribution in [1.82, 2.24) is 10.6 Å². The van der Waals surface area contributed by atoms with Gasteiger partial charge in [-0.15, -0.1) is 24.0 Å². The maximum absolute atomic E-state index is 11.1. The molecule has 2 N–H and O–H groups in total. The third kappa shape index (κ3) is 4.84. The first-order chi connectivity index (χ1) is 12.2. The molecule has 2 aromatic rings. The molecule has 8 heteroatoms. The molecular weight excluding hydrogens is 447 g/mol. The second-order valence-electron chi connectivity index (χ2n) is 5.74. The number of aliphatic imine (C=N–C) groups is 1. The summed E-state index contributed by atoms with van der Waals surface area (Å²) in [5.41, 5.74) is 1.91. The Kier molecular flexibility index (Phi) is 7.19. The molecule has 0 spiro atoms. The smallest absolute Gasteiger partial charge is 0.274 e. The van der Waals surface area contributed by atoms with E-state index in [0.29, 0.717) is 24.6 Å². The summed E-state index contributed by atoms with van der Waals surface area (Å²) in [4.78, 5) is 14.8. The van der Waals surface area contributed by atoms with Crippen LogP contribution >= 0.6 is 24.0 Å². The zero-order chi connectivity index (χ0) is 17.6. The number of fused-ring (bicyclic) bond motifs is 1. The minimum Gasteiger partial charge on any atom is -0.488 e. The second-order valence-corrected chi connectivity index (χ2v) is 5.74. The SMILES string of the molecule is CN=C(NCc1ccccc1[N+](=O)[O-])NCC1Cc2ccccc2O1.I. The maximum atomic E-state index is 11.1. The molecule has 7 nitrogen and oxygen atoms in total. The van der Waals surface area contributed by atoms with Crippen molar-refractivity contribution in [3.8, 4) is 5.75 Å². The van der Waals surface area contributed by atoms with Gasteiger partial charge in [0.05, 0.1) is 11.5 Å². The van der Waals surface area contributed by atoms with Crippen LogP contribution in [0.15, 0.2) is 53.5 Å². The van der Waals surface area contributed by atoms with Gasteiger partial charge in [-0.05, 0) is 11.6 Å². The molecule has 1 unspecified atom stereocenters. The standard InChI is InChI=1S/C18H20N4O3.HI/c1-19-18(20-11-14-7-2-4-8-16(14)22(23)24)21-12-15-10-13-6-3-5-9-17(13)25-15;/h2-9,15H,10-12H2,1H3,(H2,19,20,21);1H. The van der Waals surface area contributed by atoms with Gasteiger partial charge in [-0.3, -0.25) is 15.1 Å². The molecule has 3 rings (SSSR count). The Morgan fingerprint density at radius 2 is 1.96 bits per heavy atom. The zero-order valence-electron chi connectivity index (χ0n) is 14.3. The lowest BCUT2D eigenvalue weighted by molar-refractivity contribution is -0.385. The van der Waals surface area contributed by atoms with Crippen LogP contribution in [0.4, 0.5) is 5.69 Å². The lowest BCUT2D eigenvalue weighted by atomic mass is 10.1. The van der Waals surface area contributed by atoms with E-state index in [1.807, 2.05) is 18.2 Å². The molecule has 0 fully saturated rings. The predicted octanol–water partition coefficient (Wildman–Crippen LogP) is 2.88. The summed E-state index contributed by atoms with van der Waals surface area (Å²) in [6.45, 7) is 0.924. The van der Waals surface area contributed by atoms with E-state index in [1.165, 1.54) is 11.6 Å². The largest absolute Gasteiger partial charge is 0.488 e. The van der Waals surface area contributed by atoms with Crippen molar-refractivity contribution < 1.29 is 9.66 Å². The van der Waals surface area contributed by atoms with Gasteiger partial charge in [-0.25, -0.2) is 0 Å². The summed E-state index contributed by atoms with van der Waals surface area (Å²) in [5, 5.41) is 17.4. The number of hydrogen-bond acceptors (Lipinski definition) is 4. The van der Waals surface area contributed by atoms with Crippen LogP contribution in [0.25, 0.3) is 0 Å². The van der Waals surface area contributed by atoms with E-state index in [4.69, 9.17) is 4.74 Å². The number of ether oxygens (including phenoxy) is 1. The highest BCUT2D eigenvalue weighted by Crippen LogP contribution is 2.27. The first-order valence-corrected chi connectivity index (χ1v) is 8.08. The number of rotatable bonds is 5. The molecule has 1 heterocycles. The van der Waals surface area contributed by atoms with Crippen molar-refractivity contribution in [1.29, 1.82) is 0 Å². The third-order valence-corrected chi connectivity index (χ3v) is 4.07. The molecule has 0 aliphatic carbocycles. The number of nitro groups is 1. The Hall–Kier alpha value is -2.36. The second kappa shape index (κ2) is 9.37. The van der Waals surface area contributed by atoms with Crippen molar-refractivity contribution in [2.75, 3.05) is 13.6 Å². The third-order valence-electron chi connectivity index (χ3n) is 4.07. The average Bonchev–Trinajstić information content (AvgIpc) is 3.05. The highest BCUT2D eigenvalue weighted by atomic mass is 127. The molecule has 0 saturated carbocycles. The Morgan fingerprint density at radius 3 is 2.69 bits per heavy atom. The van der Waals surface area contributed by atoms with Crippen LogP contribution in [-0.4, -0.2) is 30.6 Å². The van der Waals surface area contributed by atoms with Gasteiger partial charge in [0.15, 0.2) is 5.96 Å². The Morgan fingerprint density at radius 1 is 1.23 bits per heavy atom. The van der Waals surface area contributed by atoms with Crippen molar-refractivity contribution in [2.24, 2.45) is 4.99 Å². The minimum absolute atomic E-state index is 0. The van der Waals surface area contributed by atoms with Crippen LogP contribution in [0.5, 0.6) is 5.75 Å². The van der Waals surface area contributed by atoms with Gasteiger partial charge in [-0.1, -0.05) is 36.4 Å². The molecule has 1 aliphatic heterocycles. The Labute approximate surface area is 169 Å². The molecule has 1 aliphatic rings. The van der Waals surface area contributed by atoms with E-state index < -0.39 is 0 Å². The summed E-state index contributed by atoms with van der Waals surface area (Å²) in [6, 6.07) is 14.7. The van der Waals surface area contributed by atoms with E-state index in [0.717, 1.165) is 12.2 Å². The summed E-state index contributed by atoms with van der Waals surface area (Å²) in [7, 11) is 1.67. The van der Waals surface area contributed by atoms with Crippen LogP contribution in [0.1, 0.15) is 11.1 Å². The number of halogens is 1. The number of nitro benzene ring substituents is 1. The highest BCUT2D eigenvalue weighted by molar-refractivity contribution is 14.0. The van der Waals surface area contributed by atoms with Crippen LogP contribution in [-0.2, 0) is 13.0 Å². The van der Waals surface area contributed by atoms with Crippen molar-refractivity contribution in [3.63, 3.8) is 0 Å². The monoisotopic (exact) mass is 468 g/mol. The molecule has 2 aromatic carbocycles. The molecule has 26 heavy (non-hydrogen) atoms. The summed E-state index contributed by atoms with van der Waals surface area (Å²) >= 11 is 0. The first-order valence-electron chi connectivity index (χ1n) is 8.08. The topological polar surface area (TPSA) is 88.8 Å². The predicted molar refractivity (Wildman–Crippen MR) is 111 cm³/mol. The molecule has 1 atom stereocenters. The molecule has 138 valence electrons. The fourth-order valence-electron chi connectivity index (χ4n) is 2.82. The average molecular weight is 468 g/mol. The van der Waals surface area contributed by atoms with E-state index >= 15 is 0 Å². The van der Waals surface area contributed by atoms with Crippen LogP contribution in [0, 0.1) is 10.1 Å². The van der Waals surface area contributed by atoms with Crippen LogP contribution in [0.2, 0.25) is 0 Å². The van der Waals surface area contributed by atoms with Crippen molar-refractivity contribution in [3.05, 3.63) is 69.8 Å². The summed E-state index contributed by atoms with van der Waals surface area (Å²) in [5.74, 6) is 1.51. The van der Waals surface area contributed by atoms with E-state index in [2.05, 4.69) is 21.7 Å². The number of guanidine groups is 1. The molecule has 0 saturated heterocycles. The first kappa shape index (κ1) is 20.0. The van der Waals surface area contributed by atoms with Gasteiger partial charge < -0.3 is 15.4 Å². The van der Waals surface area contributed by atoms with Gasteiger partial charge in [-0.2, -0.15) is 0 Å². The van der Waals surface area contributed by atoms with Crippen molar-refractivity contribution >= 4 is 35.6 Å². The molecule has 0 radical (unpaired) electrons. The minimum atomic E-state index is -0.378. The van der Waals surface area contributed by atoms with E-state index in [9.17, 15) is 10.1 Å². The molecule has 0 amide bonds. The molecular formula is C18H21IN4O3. The van der Waals surface area contributed by atoms with Gasteiger partial charge >= 0.3 is 0 Å². The highest BCUT2D eigenvalue weighted by Gasteiger charge is 2.22. The van der Waals surface area contributed by atoms with Crippen LogP contribution in [0.3, 0.4) is 0 Å².